The van der Waals surface area contributed by atoms with Gasteiger partial charge in [-0.3, -0.25) is 4.90 Å². The Hall–Kier alpha value is -1.25. The third-order valence-electron chi connectivity index (χ3n) is 4.25. The van der Waals surface area contributed by atoms with Crippen LogP contribution in [0.1, 0.15) is 42.5 Å². The first-order chi connectivity index (χ1) is 9.74. The number of nitriles is 1. The number of hydrogen-bond donors (Lipinski definition) is 1. The van der Waals surface area contributed by atoms with Gasteiger partial charge in [0.15, 0.2) is 0 Å². The van der Waals surface area contributed by atoms with Crippen molar-refractivity contribution in [2.75, 3.05) is 43.4 Å². The number of hydrogen-bond acceptors (Lipinski definition) is 5. The lowest BCUT2D eigenvalue weighted by Gasteiger charge is -2.35. The van der Waals surface area contributed by atoms with Crippen LogP contribution in [0.25, 0.3) is 0 Å². The molecule has 20 heavy (non-hydrogen) atoms. The van der Waals surface area contributed by atoms with Gasteiger partial charge in [-0.1, -0.05) is 6.92 Å². The molecule has 0 spiro atoms. The van der Waals surface area contributed by atoms with E-state index < -0.39 is 0 Å². The largest absolute Gasteiger partial charge is 0.397 e. The van der Waals surface area contributed by atoms with Gasteiger partial charge >= 0.3 is 0 Å². The van der Waals surface area contributed by atoms with Gasteiger partial charge in [-0.05, 0) is 31.7 Å². The molecule has 2 fully saturated rings. The van der Waals surface area contributed by atoms with E-state index in [4.69, 9.17) is 5.73 Å². The highest BCUT2D eigenvalue weighted by Gasteiger charge is 2.33. The van der Waals surface area contributed by atoms with Crippen LogP contribution in [-0.2, 0) is 0 Å². The summed E-state index contributed by atoms with van der Waals surface area (Å²) >= 11 is 1.60. The Kier molecular flexibility index (Phi) is 3.86. The van der Waals surface area contributed by atoms with Gasteiger partial charge in [0.2, 0.25) is 0 Å². The number of nitrogens with zero attached hydrogens (tertiary/aromatic N) is 3. The average Bonchev–Trinajstić information content (AvgIpc) is 3.24. The van der Waals surface area contributed by atoms with Crippen LogP contribution in [0.15, 0.2) is 0 Å². The molecule has 1 aliphatic heterocycles. The van der Waals surface area contributed by atoms with Gasteiger partial charge in [0.05, 0.1) is 10.7 Å². The number of anilines is 2. The SMILES string of the molecule is CCCN1CCN(c2sc(C#N)c(N)c2C2CC2)CC1. The van der Waals surface area contributed by atoms with E-state index in [1.165, 1.54) is 36.4 Å². The number of thiophene rings is 1. The van der Waals surface area contributed by atoms with Gasteiger partial charge in [0, 0.05) is 31.7 Å². The molecule has 0 atom stereocenters. The van der Waals surface area contributed by atoms with Crippen molar-refractivity contribution < 1.29 is 0 Å². The first-order valence-electron chi connectivity index (χ1n) is 7.54. The summed E-state index contributed by atoms with van der Waals surface area (Å²) in [7, 11) is 0. The number of nitrogen functional groups attached to an aromatic ring is 1. The number of piperazine rings is 1. The Morgan fingerprint density at radius 2 is 2.00 bits per heavy atom. The maximum Gasteiger partial charge on any atom is 0.130 e. The molecule has 1 aromatic heterocycles. The zero-order valence-corrected chi connectivity index (χ0v) is 12.9. The summed E-state index contributed by atoms with van der Waals surface area (Å²) in [6, 6.07) is 2.26. The second-order valence-corrected chi connectivity index (χ2v) is 6.78. The van der Waals surface area contributed by atoms with Crippen LogP contribution in [0.2, 0.25) is 0 Å². The van der Waals surface area contributed by atoms with Gasteiger partial charge in [0.25, 0.3) is 0 Å². The van der Waals surface area contributed by atoms with Crippen LogP contribution in [0.5, 0.6) is 0 Å². The predicted octanol–water partition coefficient (Wildman–Crippen LogP) is 2.61. The van der Waals surface area contributed by atoms with Crippen LogP contribution in [-0.4, -0.2) is 37.6 Å². The molecule has 1 aliphatic carbocycles. The first-order valence-corrected chi connectivity index (χ1v) is 8.35. The number of rotatable bonds is 4. The fourth-order valence-electron chi connectivity index (χ4n) is 3.02. The zero-order chi connectivity index (χ0) is 14.1. The fraction of sp³-hybridized carbons (Fsp3) is 0.667. The molecule has 4 nitrogen and oxygen atoms in total. The van der Waals surface area contributed by atoms with E-state index >= 15 is 0 Å². The minimum Gasteiger partial charge on any atom is -0.397 e. The Bertz CT molecular complexity index is 519. The maximum absolute atomic E-state index is 9.22. The summed E-state index contributed by atoms with van der Waals surface area (Å²) < 4.78 is 0. The van der Waals surface area contributed by atoms with E-state index in [1.54, 1.807) is 11.3 Å². The Morgan fingerprint density at radius 1 is 1.30 bits per heavy atom. The lowest BCUT2D eigenvalue weighted by Crippen LogP contribution is -2.46. The molecule has 1 aromatic rings. The van der Waals surface area contributed by atoms with E-state index in [0.29, 0.717) is 10.8 Å². The molecule has 2 N–H and O–H groups in total. The van der Waals surface area contributed by atoms with Crippen molar-refractivity contribution in [1.82, 2.24) is 4.90 Å². The minimum absolute atomic E-state index is 0.608. The highest BCUT2D eigenvalue weighted by molar-refractivity contribution is 7.17. The van der Waals surface area contributed by atoms with Crippen molar-refractivity contribution in [2.45, 2.75) is 32.1 Å². The Morgan fingerprint density at radius 3 is 2.55 bits per heavy atom. The topological polar surface area (TPSA) is 56.3 Å². The molecule has 1 saturated carbocycles. The summed E-state index contributed by atoms with van der Waals surface area (Å²) in [4.78, 5) is 5.68. The monoisotopic (exact) mass is 290 g/mol. The van der Waals surface area contributed by atoms with Gasteiger partial charge in [0.1, 0.15) is 10.9 Å². The Labute approximate surface area is 124 Å². The first kappa shape index (κ1) is 13.7. The molecule has 5 heteroatoms. The van der Waals surface area contributed by atoms with Gasteiger partial charge < -0.3 is 10.6 Å². The quantitative estimate of drug-likeness (QED) is 0.926. The van der Waals surface area contributed by atoms with Gasteiger partial charge in [-0.25, -0.2) is 0 Å². The van der Waals surface area contributed by atoms with E-state index in [2.05, 4.69) is 22.8 Å². The van der Waals surface area contributed by atoms with Crippen molar-refractivity contribution in [3.8, 4) is 6.07 Å². The lowest BCUT2D eigenvalue weighted by atomic mass is 10.1. The summed E-state index contributed by atoms with van der Waals surface area (Å²) in [5, 5.41) is 10.5. The van der Waals surface area contributed by atoms with Crippen molar-refractivity contribution in [3.63, 3.8) is 0 Å². The molecule has 3 rings (SSSR count). The molecule has 0 unspecified atom stereocenters. The Balaban J connectivity index is 1.79. The maximum atomic E-state index is 9.22. The van der Waals surface area contributed by atoms with Gasteiger partial charge in [-0.2, -0.15) is 5.26 Å². The van der Waals surface area contributed by atoms with Crippen molar-refractivity contribution >= 4 is 22.0 Å². The van der Waals surface area contributed by atoms with Crippen molar-refractivity contribution in [2.24, 2.45) is 0 Å². The van der Waals surface area contributed by atoms with Crippen molar-refractivity contribution in [1.29, 1.82) is 5.26 Å². The second kappa shape index (κ2) is 5.63. The van der Waals surface area contributed by atoms with Crippen LogP contribution < -0.4 is 10.6 Å². The molecule has 1 saturated heterocycles. The average molecular weight is 290 g/mol. The predicted molar refractivity (Wildman–Crippen MR) is 84.4 cm³/mol. The molecular weight excluding hydrogens is 268 g/mol. The highest BCUT2D eigenvalue weighted by Crippen LogP contribution is 2.51. The normalized spacial score (nSPS) is 20.1. The van der Waals surface area contributed by atoms with Gasteiger partial charge in [-0.15, -0.1) is 11.3 Å². The second-order valence-electron chi connectivity index (χ2n) is 5.78. The molecular formula is C15H22N4S. The molecule has 2 aliphatic rings. The zero-order valence-electron chi connectivity index (χ0n) is 12.1. The summed E-state index contributed by atoms with van der Waals surface area (Å²) in [5.74, 6) is 0.608. The standard InChI is InChI=1S/C15H22N4S/c1-2-5-18-6-8-19(9-7-18)15-13(11-3-4-11)14(17)12(10-16)20-15/h11H,2-9,17H2,1H3. The van der Waals surface area contributed by atoms with E-state index in [1.807, 2.05) is 0 Å². The minimum atomic E-state index is 0.608. The molecule has 0 radical (unpaired) electrons. The van der Waals surface area contributed by atoms with Crippen LogP contribution in [0.4, 0.5) is 10.7 Å². The molecule has 108 valence electrons. The lowest BCUT2D eigenvalue weighted by molar-refractivity contribution is 0.259. The third kappa shape index (κ3) is 2.50. The van der Waals surface area contributed by atoms with E-state index in [-0.39, 0.29) is 0 Å². The molecule has 0 aromatic carbocycles. The smallest absolute Gasteiger partial charge is 0.130 e. The molecule has 2 heterocycles. The third-order valence-corrected chi connectivity index (χ3v) is 5.44. The summed E-state index contributed by atoms with van der Waals surface area (Å²) in [5.41, 5.74) is 8.22. The summed E-state index contributed by atoms with van der Waals surface area (Å²) in [6.07, 6.45) is 3.68. The molecule has 0 bridgehead atoms. The number of nitrogens with two attached hydrogens (primary N) is 1. The van der Waals surface area contributed by atoms with Crippen LogP contribution in [0.3, 0.4) is 0 Å². The van der Waals surface area contributed by atoms with E-state index in [0.717, 1.165) is 31.9 Å². The van der Waals surface area contributed by atoms with Crippen LogP contribution in [0, 0.1) is 11.3 Å². The highest BCUT2D eigenvalue weighted by atomic mass is 32.1. The van der Waals surface area contributed by atoms with Crippen molar-refractivity contribution in [3.05, 3.63) is 10.4 Å². The van der Waals surface area contributed by atoms with Crippen LogP contribution >= 0.6 is 11.3 Å². The van der Waals surface area contributed by atoms with E-state index in [9.17, 15) is 5.26 Å². The summed E-state index contributed by atoms with van der Waals surface area (Å²) in [6.45, 7) is 7.79. The fourth-order valence-corrected chi connectivity index (χ4v) is 4.18. The molecule has 0 amide bonds.